The minimum Gasteiger partial charge on any atom is -0.376 e. The number of nitrogens with one attached hydrogen (secondary N) is 1. The van der Waals surface area contributed by atoms with Crippen molar-refractivity contribution in [3.05, 3.63) is 35.4 Å². The van der Waals surface area contributed by atoms with Gasteiger partial charge in [0.15, 0.2) is 0 Å². The minimum absolute atomic E-state index is 0.0368. The van der Waals surface area contributed by atoms with Gasteiger partial charge in [-0.05, 0) is 43.7 Å². The number of carbonyl (C=O) groups is 1. The second-order valence-corrected chi connectivity index (χ2v) is 5.91. The van der Waals surface area contributed by atoms with Gasteiger partial charge in [-0.3, -0.25) is 0 Å². The van der Waals surface area contributed by atoms with E-state index in [1.807, 2.05) is 17.9 Å². The number of carbonyl (C=O) groups excluding carboxylic acids is 1. The van der Waals surface area contributed by atoms with E-state index in [1.54, 1.807) is 0 Å². The first kappa shape index (κ1) is 14.4. The van der Waals surface area contributed by atoms with Crippen LogP contribution in [0.2, 0.25) is 0 Å². The first-order valence-electron chi connectivity index (χ1n) is 8.02. The highest BCUT2D eigenvalue weighted by molar-refractivity contribution is 5.75. The molecule has 1 fully saturated rings. The Hall–Kier alpha value is -1.55. The largest absolute Gasteiger partial charge is 0.376 e. The smallest absolute Gasteiger partial charge is 0.317 e. The molecule has 4 heteroatoms. The van der Waals surface area contributed by atoms with Gasteiger partial charge in [-0.1, -0.05) is 24.3 Å². The summed E-state index contributed by atoms with van der Waals surface area (Å²) in [6.07, 6.45) is 4.45. The van der Waals surface area contributed by atoms with Crippen molar-refractivity contribution in [2.75, 3.05) is 19.7 Å². The van der Waals surface area contributed by atoms with Crippen molar-refractivity contribution in [3.8, 4) is 0 Å². The zero-order valence-electron chi connectivity index (χ0n) is 12.7. The third-order valence-electron chi connectivity index (χ3n) is 4.55. The van der Waals surface area contributed by atoms with Crippen molar-refractivity contribution < 1.29 is 9.53 Å². The van der Waals surface area contributed by atoms with E-state index in [-0.39, 0.29) is 18.2 Å². The predicted octanol–water partition coefficient (Wildman–Crippen LogP) is 2.88. The summed E-state index contributed by atoms with van der Waals surface area (Å²) < 4.78 is 5.64. The molecule has 1 aliphatic carbocycles. The fraction of sp³-hybridized carbons (Fsp3) is 0.588. The second kappa shape index (κ2) is 6.48. The van der Waals surface area contributed by atoms with Crippen LogP contribution >= 0.6 is 0 Å². The molecule has 4 nitrogen and oxygen atoms in total. The van der Waals surface area contributed by atoms with E-state index < -0.39 is 0 Å². The summed E-state index contributed by atoms with van der Waals surface area (Å²) in [5, 5.41) is 3.19. The van der Waals surface area contributed by atoms with Crippen molar-refractivity contribution in [2.45, 2.75) is 44.8 Å². The molecule has 1 aliphatic heterocycles. The van der Waals surface area contributed by atoms with Crippen molar-refractivity contribution in [1.82, 2.24) is 10.2 Å². The summed E-state index contributed by atoms with van der Waals surface area (Å²) >= 11 is 0. The molecule has 2 atom stereocenters. The van der Waals surface area contributed by atoms with Gasteiger partial charge in [-0.15, -0.1) is 0 Å². The normalized spacial score (nSPS) is 23.9. The van der Waals surface area contributed by atoms with Crippen molar-refractivity contribution in [2.24, 2.45) is 0 Å². The average molecular weight is 288 g/mol. The van der Waals surface area contributed by atoms with E-state index in [1.165, 1.54) is 11.1 Å². The molecule has 0 saturated carbocycles. The summed E-state index contributed by atoms with van der Waals surface area (Å²) in [5.74, 6) is 0. The number of likely N-dealkylation sites (N-methyl/N-ethyl adjacent to an activating group) is 1. The average Bonchev–Trinajstić information content (AvgIpc) is 3.15. The van der Waals surface area contributed by atoms with Gasteiger partial charge in [0.1, 0.15) is 0 Å². The molecular weight excluding hydrogens is 264 g/mol. The Labute approximate surface area is 126 Å². The number of hydrogen-bond acceptors (Lipinski definition) is 2. The van der Waals surface area contributed by atoms with Gasteiger partial charge in [0.2, 0.25) is 0 Å². The fourth-order valence-electron chi connectivity index (χ4n) is 3.34. The van der Waals surface area contributed by atoms with Crippen LogP contribution in [0.15, 0.2) is 24.3 Å². The number of benzene rings is 1. The Morgan fingerprint density at radius 1 is 1.38 bits per heavy atom. The lowest BCUT2D eigenvalue weighted by Gasteiger charge is -2.26. The summed E-state index contributed by atoms with van der Waals surface area (Å²) in [6, 6.07) is 8.60. The molecule has 21 heavy (non-hydrogen) atoms. The van der Waals surface area contributed by atoms with Crippen LogP contribution in [0.1, 0.15) is 43.4 Å². The molecule has 1 saturated heterocycles. The third-order valence-corrected chi connectivity index (χ3v) is 4.55. The van der Waals surface area contributed by atoms with Gasteiger partial charge in [0.05, 0.1) is 12.1 Å². The van der Waals surface area contributed by atoms with Gasteiger partial charge in [0, 0.05) is 19.7 Å². The quantitative estimate of drug-likeness (QED) is 0.925. The van der Waals surface area contributed by atoms with Crippen LogP contribution < -0.4 is 5.32 Å². The monoisotopic (exact) mass is 288 g/mol. The molecule has 1 aromatic carbocycles. The first-order chi connectivity index (χ1) is 10.3. The molecule has 0 aromatic heterocycles. The Balaban J connectivity index is 1.60. The standard InChI is InChI=1S/C17H24N2O2/c1-2-19(12-14-7-5-11-21-14)17(20)18-16-10-9-13-6-3-4-8-15(13)16/h3-4,6,8,14,16H,2,5,7,9-12H2,1H3,(H,18,20)/t14-,16+/m0/s1. The van der Waals surface area contributed by atoms with Crippen molar-refractivity contribution >= 4 is 6.03 Å². The molecule has 114 valence electrons. The Morgan fingerprint density at radius 3 is 3.00 bits per heavy atom. The van der Waals surface area contributed by atoms with Crippen molar-refractivity contribution in [3.63, 3.8) is 0 Å². The predicted molar refractivity (Wildman–Crippen MR) is 82.3 cm³/mol. The van der Waals surface area contributed by atoms with Crippen LogP contribution in [0.4, 0.5) is 4.79 Å². The van der Waals surface area contributed by atoms with Crippen LogP contribution in [-0.2, 0) is 11.2 Å². The SMILES string of the molecule is CCN(C[C@@H]1CCCO1)C(=O)N[C@@H]1CCc2ccccc21. The van der Waals surface area contributed by atoms with Gasteiger partial charge < -0.3 is 15.0 Å². The van der Waals surface area contributed by atoms with Gasteiger partial charge in [-0.25, -0.2) is 4.79 Å². The molecule has 0 radical (unpaired) electrons. The number of hydrogen-bond donors (Lipinski definition) is 1. The molecule has 1 N–H and O–H groups in total. The van der Waals surface area contributed by atoms with Crippen LogP contribution in [0, 0.1) is 0 Å². The van der Waals surface area contributed by atoms with Gasteiger partial charge in [0.25, 0.3) is 0 Å². The van der Waals surface area contributed by atoms with Crippen LogP contribution in [0.25, 0.3) is 0 Å². The van der Waals surface area contributed by atoms with E-state index in [0.29, 0.717) is 6.54 Å². The molecule has 1 aromatic rings. The van der Waals surface area contributed by atoms with Crippen LogP contribution in [0.5, 0.6) is 0 Å². The second-order valence-electron chi connectivity index (χ2n) is 5.91. The molecule has 1 heterocycles. The number of fused-ring (bicyclic) bond motifs is 1. The van der Waals surface area contributed by atoms with E-state index in [2.05, 4.69) is 23.5 Å². The fourth-order valence-corrected chi connectivity index (χ4v) is 3.34. The Bertz CT molecular complexity index is 497. The van der Waals surface area contributed by atoms with E-state index in [0.717, 1.165) is 38.8 Å². The number of amides is 2. The van der Waals surface area contributed by atoms with Gasteiger partial charge in [-0.2, -0.15) is 0 Å². The molecular formula is C17H24N2O2. The maximum Gasteiger partial charge on any atom is 0.317 e. The minimum atomic E-state index is 0.0368. The molecule has 0 unspecified atom stereocenters. The number of urea groups is 1. The summed E-state index contributed by atoms with van der Waals surface area (Å²) in [7, 11) is 0. The zero-order chi connectivity index (χ0) is 14.7. The zero-order valence-corrected chi connectivity index (χ0v) is 12.7. The highest BCUT2D eigenvalue weighted by Crippen LogP contribution is 2.30. The van der Waals surface area contributed by atoms with E-state index in [4.69, 9.17) is 4.74 Å². The number of rotatable bonds is 4. The summed E-state index contributed by atoms with van der Waals surface area (Å²) in [4.78, 5) is 14.4. The maximum absolute atomic E-state index is 12.5. The highest BCUT2D eigenvalue weighted by Gasteiger charge is 2.26. The van der Waals surface area contributed by atoms with Crippen molar-refractivity contribution in [1.29, 1.82) is 0 Å². The van der Waals surface area contributed by atoms with E-state index in [9.17, 15) is 4.79 Å². The maximum atomic E-state index is 12.5. The molecule has 2 aliphatic rings. The number of ether oxygens (including phenoxy) is 1. The summed E-state index contributed by atoms with van der Waals surface area (Å²) in [6.45, 7) is 4.29. The first-order valence-corrected chi connectivity index (χ1v) is 8.02. The lowest BCUT2D eigenvalue weighted by molar-refractivity contribution is 0.0821. The number of aryl methyl sites for hydroxylation is 1. The molecule has 0 spiro atoms. The van der Waals surface area contributed by atoms with Crippen LogP contribution in [-0.4, -0.2) is 36.7 Å². The molecule has 2 amide bonds. The molecule has 0 bridgehead atoms. The molecule has 3 rings (SSSR count). The van der Waals surface area contributed by atoms with E-state index >= 15 is 0 Å². The van der Waals surface area contributed by atoms with Gasteiger partial charge >= 0.3 is 6.03 Å². The highest BCUT2D eigenvalue weighted by atomic mass is 16.5. The lowest BCUT2D eigenvalue weighted by atomic mass is 10.1. The van der Waals surface area contributed by atoms with Crippen LogP contribution in [0.3, 0.4) is 0 Å². The Kier molecular flexibility index (Phi) is 4.44. The Morgan fingerprint density at radius 2 is 2.24 bits per heavy atom. The lowest BCUT2D eigenvalue weighted by Crippen LogP contribution is -2.44. The third kappa shape index (κ3) is 3.21. The summed E-state index contributed by atoms with van der Waals surface area (Å²) in [5.41, 5.74) is 2.64. The topological polar surface area (TPSA) is 41.6 Å². The number of nitrogens with zero attached hydrogens (tertiary/aromatic N) is 1.